The van der Waals surface area contributed by atoms with E-state index in [0.717, 1.165) is 18.7 Å². The molecule has 1 amide bonds. The van der Waals surface area contributed by atoms with Gasteiger partial charge in [0, 0.05) is 24.5 Å². The summed E-state index contributed by atoms with van der Waals surface area (Å²) in [5.41, 5.74) is 1.69. The molecule has 21 heavy (non-hydrogen) atoms. The van der Waals surface area contributed by atoms with E-state index < -0.39 is 0 Å². The lowest BCUT2D eigenvalue weighted by molar-refractivity contribution is -0.116. The molecule has 0 spiro atoms. The van der Waals surface area contributed by atoms with Crippen molar-refractivity contribution in [3.63, 3.8) is 0 Å². The highest BCUT2D eigenvalue weighted by molar-refractivity contribution is 6.31. The molecule has 1 N–H and O–H groups in total. The quantitative estimate of drug-likeness (QED) is 0.746. The Bertz CT molecular complexity index is 503. The van der Waals surface area contributed by atoms with E-state index in [2.05, 4.69) is 23.7 Å². The third kappa shape index (κ3) is 6.19. The molecule has 0 aromatic heterocycles. The lowest BCUT2D eigenvalue weighted by Crippen LogP contribution is -2.29. The third-order valence-corrected chi connectivity index (χ3v) is 3.27. The molecule has 0 fully saturated rings. The van der Waals surface area contributed by atoms with Gasteiger partial charge in [0.05, 0.1) is 12.8 Å². The maximum Gasteiger partial charge on any atom is 0.225 e. The van der Waals surface area contributed by atoms with Gasteiger partial charge in [-0.1, -0.05) is 30.7 Å². The minimum atomic E-state index is -0.0595. The fourth-order valence-electron chi connectivity index (χ4n) is 1.98. The Labute approximate surface area is 131 Å². The molecule has 0 aliphatic heterocycles. The number of nitrogens with one attached hydrogen (secondary N) is 1. The monoisotopic (exact) mass is 310 g/mol. The van der Waals surface area contributed by atoms with Crippen molar-refractivity contribution in [1.82, 2.24) is 4.90 Å². The second-order valence-corrected chi connectivity index (χ2v) is 5.41. The first-order valence-electron chi connectivity index (χ1n) is 6.96. The van der Waals surface area contributed by atoms with Crippen LogP contribution in [0.5, 0.6) is 5.75 Å². The van der Waals surface area contributed by atoms with Crippen LogP contribution in [0.2, 0.25) is 5.02 Å². The number of hydrogen-bond donors (Lipinski definition) is 1. The number of methoxy groups -OCH3 is 1. The van der Waals surface area contributed by atoms with Gasteiger partial charge in [-0.15, -0.1) is 0 Å². The van der Waals surface area contributed by atoms with Gasteiger partial charge >= 0.3 is 0 Å². The van der Waals surface area contributed by atoms with Crippen molar-refractivity contribution in [2.75, 3.05) is 32.1 Å². The van der Waals surface area contributed by atoms with E-state index in [1.54, 1.807) is 25.3 Å². The molecule has 1 aromatic rings. The van der Waals surface area contributed by atoms with Crippen LogP contribution in [0.3, 0.4) is 0 Å². The number of hydrogen-bond acceptors (Lipinski definition) is 3. The molecule has 1 rings (SSSR count). The smallest absolute Gasteiger partial charge is 0.225 e. The highest BCUT2D eigenvalue weighted by Gasteiger charge is 2.10. The van der Waals surface area contributed by atoms with Crippen molar-refractivity contribution in [2.45, 2.75) is 20.3 Å². The van der Waals surface area contributed by atoms with Gasteiger partial charge in [0.25, 0.3) is 0 Å². The van der Waals surface area contributed by atoms with Crippen LogP contribution in [-0.2, 0) is 4.79 Å². The van der Waals surface area contributed by atoms with Crippen molar-refractivity contribution < 1.29 is 9.53 Å². The summed E-state index contributed by atoms with van der Waals surface area (Å²) in [5.74, 6) is 0.540. The van der Waals surface area contributed by atoms with Crippen LogP contribution < -0.4 is 10.1 Å². The fourth-order valence-corrected chi connectivity index (χ4v) is 2.15. The van der Waals surface area contributed by atoms with E-state index in [4.69, 9.17) is 16.3 Å². The number of anilines is 1. The van der Waals surface area contributed by atoms with Gasteiger partial charge in [-0.2, -0.15) is 0 Å². The van der Waals surface area contributed by atoms with Crippen LogP contribution >= 0.6 is 11.6 Å². The maximum atomic E-state index is 12.0. The standard InChI is InChI=1S/C16H23ClN2O2/c1-5-19(11-12(2)3)9-8-16(20)18-14-10-13(17)6-7-15(14)21-4/h6-7,10H,2,5,8-9,11H2,1,3-4H3,(H,18,20). The number of halogens is 1. The van der Waals surface area contributed by atoms with Gasteiger partial charge in [-0.05, 0) is 31.7 Å². The normalized spacial score (nSPS) is 10.5. The van der Waals surface area contributed by atoms with Crippen molar-refractivity contribution in [3.8, 4) is 5.75 Å². The Morgan fingerprint density at radius 3 is 2.76 bits per heavy atom. The first-order valence-corrected chi connectivity index (χ1v) is 7.34. The minimum Gasteiger partial charge on any atom is -0.495 e. The van der Waals surface area contributed by atoms with E-state index in [1.165, 1.54) is 0 Å². The molecule has 5 heteroatoms. The molecular formula is C16H23ClN2O2. The number of carbonyl (C=O) groups excluding carboxylic acids is 1. The van der Waals surface area contributed by atoms with E-state index in [9.17, 15) is 4.79 Å². The van der Waals surface area contributed by atoms with Crippen molar-refractivity contribution in [3.05, 3.63) is 35.4 Å². The molecule has 0 aliphatic rings. The predicted octanol–water partition coefficient (Wildman–Crippen LogP) is 3.58. The Morgan fingerprint density at radius 2 is 2.19 bits per heavy atom. The second-order valence-electron chi connectivity index (χ2n) is 4.97. The zero-order valence-corrected chi connectivity index (χ0v) is 13.7. The zero-order valence-electron chi connectivity index (χ0n) is 12.9. The van der Waals surface area contributed by atoms with Gasteiger partial charge in [-0.3, -0.25) is 9.69 Å². The molecule has 0 radical (unpaired) electrons. The minimum absolute atomic E-state index is 0.0595. The molecule has 0 aliphatic carbocycles. The topological polar surface area (TPSA) is 41.6 Å². The van der Waals surface area contributed by atoms with Gasteiger partial charge in [0.2, 0.25) is 5.91 Å². The number of ether oxygens (including phenoxy) is 1. The number of amides is 1. The zero-order chi connectivity index (χ0) is 15.8. The first kappa shape index (κ1) is 17.5. The molecule has 116 valence electrons. The number of likely N-dealkylation sites (N-methyl/N-ethyl adjacent to an activating group) is 1. The average molecular weight is 311 g/mol. The van der Waals surface area contributed by atoms with E-state index in [0.29, 0.717) is 29.4 Å². The van der Waals surface area contributed by atoms with E-state index in [-0.39, 0.29) is 5.91 Å². The SMILES string of the molecule is C=C(C)CN(CC)CCC(=O)Nc1cc(Cl)ccc1OC. The lowest BCUT2D eigenvalue weighted by atomic mass is 10.2. The van der Waals surface area contributed by atoms with Crippen molar-refractivity contribution in [1.29, 1.82) is 0 Å². The average Bonchev–Trinajstić information content (AvgIpc) is 2.43. The molecule has 0 unspecified atom stereocenters. The molecule has 0 heterocycles. The Balaban J connectivity index is 2.57. The van der Waals surface area contributed by atoms with Gasteiger partial charge in [-0.25, -0.2) is 0 Å². The van der Waals surface area contributed by atoms with Crippen LogP contribution in [0.1, 0.15) is 20.3 Å². The number of carbonyl (C=O) groups is 1. The molecular weight excluding hydrogens is 288 g/mol. The Kier molecular flexibility index (Phi) is 7.26. The molecule has 1 aromatic carbocycles. The second kappa shape index (κ2) is 8.70. The van der Waals surface area contributed by atoms with Crippen LogP contribution in [-0.4, -0.2) is 37.6 Å². The maximum absolute atomic E-state index is 12.0. The van der Waals surface area contributed by atoms with E-state index >= 15 is 0 Å². The summed E-state index contributed by atoms with van der Waals surface area (Å²) >= 11 is 5.94. The highest BCUT2D eigenvalue weighted by Crippen LogP contribution is 2.27. The first-order chi connectivity index (χ1) is 9.96. The molecule has 0 bridgehead atoms. The van der Waals surface area contributed by atoms with Gasteiger partial charge in [0.1, 0.15) is 5.75 Å². The molecule has 0 saturated heterocycles. The summed E-state index contributed by atoms with van der Waals surface area (Å²) in [6.07, 6.45) is 0.413. The summed E-state index contributed by atoms with van der Waals surface area (Å²) in [7, 11) is 1.56. The molecule has 4 nitrogen and oxygen atoms in total. The van der Waals surface area contributed by atoms with Gasteiger partial charge in [0.15, 0.2) is 0 Å². The number of nitrogens with zero attached hydrogens (tertiary/aromatic N) is 1. The molecule has 0 saturated carbocycles. The summed E-state index contributed by atoms with van der Waals surface area (Å²) in [6.45, 7) is 10.3. The van der Waals surface area contributed by atoms with Crippen LogP contribution in [0.15, 0.2) is 30.4 Å². The van der Waals surface area contributed by atoms with Crippen LogP contribution in [0, 0.1) is 0 Å². The Hall–Kier alpha value is -1.52. The fraction of sp³-hybridized carbons (Fsp3) is 0.438. The highest BCUT2D eigenvalue weighted by atomic mass is 35.5. The summed E-state index contributed by atoms with van der Waals surface area (Å²) in [4.78, 5) is 14.2. The third-order valence-electron chi connectivity index (χ3n) is 3.03. The van der Waals surface area contributed by atoms with Gasteiger partial charge < -0.3 is 10.1 Å². The predicted molar refractivity (Wildman–Crippen MR) is 88.2 cm³/mol. The Morgan fingerprint density at radius 1 is 1.48 bits per heavy atom. The summed E-state index contributed by atoms with van der Waals surface area (Å²) in [6, 6.07) is 5.14. The lowest BCUT2D eigenvalue weighted by Gasteiger charge is -2.20. The van der Waals surface area contributed by atoms with Crippen molar-refractivity contribution >= 4 is 23.2 Å². The summed E-state index contributed by atoms with van der Waals surface area (Å²) < 4.78 is 5.21. The number of benzene rings is 1. The van der Waals surface area contributed by atoms with Crippen molar-refractivity contribution in [2.24, 2.45) is 0 Å². The van der Waals surface area contributed by atoms with E-state index in [1.807, 2.05) is 6.92 Å². The number of rotatable bonds is 8. The van der Waals surface area contributed by atoms with Crippen LogP contribution in [0.4, 0.5) is 5.69 Å². The van der Waals surface area contributed by atoms with Crippen LogP contribution in [0.25, 0.3) is 0 Å². The summed E-state index contributed by atoms with van der Waals surface area (Å²) in [5, 5.41) is 3.40. The largest absolute Gasteiger partial charge is 0.495 e. The molecule has 0 atom stereocenters.